The molecule has 3 rings (SSSR count). The quantitative estimate of drug-likeness (QED) is 0.879. The number of hydrogen-bond acceptors (Lipinski definition) is 2. The topological polar surface area (TPSA) is 40.5 Å². The molecule has 0 bridgehead atoms. The van der Waals surface area contributed by atoms with Gasteiger partial charge in [-0.1, -0.05) is 61.5 Å². The number of amides is 1. The molecule has 0 unspecified atom stereocenters. The van der Waals surface area contributed by atoms with Gasteiger partial charge in [0, 0.05) is 11.5 Å². The summed E-state index contributed by atoms with van der Waals surface area (Å²) in [4.78, 5) is 14.6. The van der Waals surface area contributed by atoms with Crippen molar-refractivity contribution < 1.29 is 9.90 Å². The minimum atomic E-state index is -1.53. The van der Waals surface area contributed by atoms with Gasteiger partial charge in [-0.05, 0) is 11.6 Å². The largest absolute Gasteiger partial charge is 0.375 e. The zero-order chi connectivity index (χ0) is 15.7. The molecule has 3 nitrogen and oxygen atoms in total. The van der Waals surface area contributed by atoms with E-state index in [1.165, 1.54) is 0 Å². The molecular formula is C19H19NO2. The molecule has 0 spiro atoms. The van der Waals surface area contributed by atoms with Crippen LogP contribution in [0.15, 0.2) is 67.3 Å². The van der Waals surface area contributed by atoms with E-state index in [0.29, 0.717) is 12.1 Å². The summed E-state index contributed by atoms with van der Waals surface area (Å²) in [5.74, 6) is -0.646. The van der Waals surface area contributed by atoms with Crippen LogP contribution in [0.25, 0.3) is 0 Å². The summed E-state index contributed by atoms with van der Waals surface area (Å²) in [6.45, 7) is 6.00. The first kappa shape index (κ1) is 14.5. The van der Waals surface area contributed by atoms with Gasteiger partial charge in [-0.3, -0.25) is 4.79 Å². The van der Waals surface area contributed by atoms with Crippen molar-refractivity contribution in [1.82, 2.24) is 0 Å². The van der Waals surface area contributed by atoms with E-state index in [1.54, 1.807) is 11.0 Å². The zero-order valence-electron chi connectivity index (χ0n) is 12.6. The molecule has 1 N–H and O–H groups in total. The summed E-state index contributed by atoms with van der Waals surface area (Å²) >= 11 is 0. The minimum Gasteiger partial charge on any atom is -0.375 e. The summed E-state index contributed by atoms with van der Waals surface area (Å²) in [7, 11) is 0. The second kappa shape index (κ2) is 5.43. The first-order valence-corrected chi connectivity index (χ1v) is 7.39. The van der Waals surface area contributed by atoms with Crippen LogP contribution >= 0.6 is 0 Å². The molecule has 3 heteroatoms. The summed E-state index contributed by atoms with van der Waals surface area (Å²) in [6, 6.07) is 17.2. The standard InChI is InChI=1S/C19H19NO2/c1-3-14(2)19(22)16-11-7-8-12-17(16)20(18(19)21)13-15-9-5-4-6-10-15/h3-12,14,22H,1,13H2,2H3/t14-,19+/m1/s1. The average molecular weight is 293 g/mol. The van der Waals surface area contributed by atoms with Crippen molar-refractivity contribution in [2.24, 2.45) is 5.92 Å². The van der Waals surface area contributed by atoms with Crippen molar-refractivity contribution in [3.05, 3.63) is 78.4 Å². The average Bonchev–Trinajstić information content (AvgIpc) is 2.78. The Morgan fingerprint density at radius 1 is 1.18 bits per heavy atom. The van der Waals surface area contributed by atoms with Gasteiger partial charge < -0.3 is 10.0 Å². The van der Waals surface area contributed by atoms with Gasteiger partial charge in [0.25, 0.3) is 5.91 Å². The summed E-state index contributed by atoms with van der Waals surface area (Å²) in [5, 5.41) is 11.1. The number of nitrogens with zero attached hydrogens (tertiary/aromatic N) is 1. The molecule has 0 saturated heterocycles. The van der Waals surface area contributed by atoms with Gasteiger partial charge in [0.1, 0.15) is 0 Å². The van der Waals surface area contributed by atoms with E-state index in [4.69, 9.17) is 0 Å². The maximum absolute atomic E-state index is 12.9. The monoisotopic (exact) mass is 293 g/mol. The highest BCUT2D eigenvalue weighted by Crippen LogP contribution is 2.45. The molecule has 0 saturated carbocycles. The van der Waals surface area contributed by atoms with Gasteiger partial charge in [0.2, 0.25) is 0 Å². The Hall–Kier alpha value is -2.39. The second-order valence-corrected chi connectivity index (χ2v) is 5.68. The Morgan fingerprint density at radius 3 is 2.50 bits per heavy atom. The predicted octanol–water partition coefficient (Wildman–Crippen LogP) is 3.24. The SMILES string of the molecule is C=C[C@@H](C)[C@@]1(O)C(=O)N(Cc2ccccc2)c2ccccc21. The number of rotatable bonds is 4. The van der Waals surface area contributed by atoms with Crippen LogP contribution in [0.2, 0.25) is 0 Å². The maximum Gasteiger partial charge on any atom is 0.264 e. The van der Waals surface area contributed by atoms with E-state index < -0.39 is 5.60 Å². The van der Waals surface area contributed by atoms with E-state index in [0.717, 1.165) is 11.3 Å². The van der Waals surface area contributed by atoms with Crippen LogP contribution in [-0.4, -0.2) is 11.0 Å². The normalized spacial score (nSPS) is 21.5. The van der Waals surface area contributed by atoms with Crippen LogP contribution in [0.5, 0.6) is 0 Å². The number of carbonyl (C=O) groups excluding carboxylic acids is 1. The van der Waals surface area contributed by atoms with Gasteiger partial charge in [-0.2, -0.15) is 0 Å². The Morgan fingerprint density at radius 2 is 1.82 bits per heavy atom. The molecule has 112 valence electrons. The molecule has 2 aromatic rings. The summed E-state index contributed by atoms with van der Waals surface area (Å²) in [6.07, 6.45) is 1.63. The third kappa shape index (κ3) is 2.06. The molecule has 1 aliphatic heterocycles. The fourth-order valence-electron chi connectivity index (χ4n) is 3.00. The lowest BCUT2D eigenvalue weighted by atomic mass is 9.83. The number of para-hydroxylation sites is 1. The summed E-state index contributed by atoms with van der Waals surface area (Å²) in [5.41, 5.74) is 0.921. The van der Waals surface area contributed by atoms with Gasteiger partial charge >= 0.3 is 0 Å². The lowest BCUT2D eigenvalue weighted by molar-refractivity contribution is -0.139. The number of anilines is 1. The van der Waals surface area contributed by atoms with Crippen LogP contribution in [0.3, 0.4) is 0 Å². The molecule has 2 atom stereocenters. The lowest BCUT2D eigenvalue weighted by Gasteiger charge is -2.27. The fraction of sp³-hybridized carbons (Fsp3) is 0.211. The highest BCUT2D eigenvalue weighted by atomic mass is 16.3. The molecule has 1 aliphatic rings. The predicted molar refractivity (Wildman–Crippen MR) is 87.3 cm³/mol. The maximum atomic E-state index is 12.9. The molecule has 1 amide bonds. The first-order valence-electron chi connectivity index (χ1n) is 7.39. The first-order chi connectivity index (χ1) is 10.6. The van der Waals surface area contributed by atoms with Crippen molar-refractivity contribution in [1.29, 1.82) is 0 Å². The Balaban J connectivity index is 2.06. The van der Waals surface area contributed by atoms with Crippen molar-refractivity contribution in [3.63, 3.8) is 0 Å². The Labute approximate surface area is 130 Å². The lowest BCUT2D eigenvalue weighted by Crippen LogP contribution is -2.44. The van der Waals surface area contributed by atoms with Crippen LogP contribution in [0.1, 0.15) is 18.1 Å². The van der Waals surface area contributed by atoms with Crippen molar-refractivity contribution in [3.8, 4) is 0 Å². The Bertz CT molecular complexity index is 710. The van der Waals surface area contributed by atoms with Gasteiger partial charge in [0.05, 0.1) is 12.2 Å². The highest BCUT2D eigenvalue weighted by Gasteiger charge is 2.52. The third-order valence-corrected chi connectivity index (χ3v) is 4.37. The van der Waals surface area contributed by atoms with Crippen LogP contribution in [0, 0.1) is 5.92 Å². The Kier molecular flexibility index (Phi) is 3.59. The smallest absolute Gasteiger partial charge is 0.264 e. The highest BCUT2D eigenvalue weighted by molar-refractivity contribution is 6.07. The number of aliphatic hydroxyl groups is 1. The van der Waals surface area contributed by atoms with Crippen LogP contribution in [0.4, 0.5) is 5.69 Å². The number of fused-ring (bicyclic) bond motifs is 1. The van der Waals surface area contributed by atoms with Crippen LogP contribution < -0.4 is 4.90 Å². The van der Waals surface area contributed by atoms with E-state index in [9.17, 15) is 9.90 Å². The molecule has 0 aromatic heterocycles. The molecule has 0 radical (unpaired) electrons. The van der Waals surface area contributed by atoms with Gasteiger partial charge in [0.15, 0.2) is 5.60 Å². The van der Waals surface area contributed by atoms with E-state index in [-0.39, 0.29) is 11.8 Å². The molecule has 0 fully saturated rings. The molecule has 22 heavy (non-hydrogen) atoms. The van der Waals surface area contributed by atoms with E-state index >= 15 is 0 Å². The van der Waals surface area contributed by atoms with Gasteiger partial charge in [-0.25, -0.2) is 0 Å². The second-order valence-electron chi connectivity index (χ2n) is 5.68. The molecule has 2 aromatic carbocycles. The molecule has 0 aliphatic carbocycles. The summed E-state index contributed by atoms with van der Waals surface area (Å²) < 4.78 is 0. The number of benzene rings is 2. The van der Waals surface area contributed by atoms with Crippen molar-refractivity contribution in [2.45, 2.75) is 19.1 Å². The number of hydrogen-bond donors (Lipinski definition) is 1. The zero-order valence-corrected chi connectivity index (χ0v) is 12.6. The molecular weight excluding hydrogens is 274 g/mol. The van der Waals surface area contributed by atoms with E-state index in [1.807, 2.05) is 61.5 Å². The molecule has 1 heterocycles. The van der Waals surface area contributed by atoms with E-state index in [2.05, 4.69) is 6.58 Å². The van der Waals surface area contributed by atoms with Gasteiger partial charge in [-0.15, -0.1) is 6.58 Å². The van der Waals surface area contributed by atoms with Crippen molar-refractivity contribution >= 4 is 11.6 Å². The minimum absolute atomic E-state index is 0.287. The third-order valence-electron chi connectivity index (χ3n) is 4.37. The van der Waals surface area contributed by atoms with Crippen molar-refractivity contribution in [2.75, 3.05) is 4.90 Å². The fourth-order valence-corrected chi connectivity index (χ4v) is 3.00. The van der Waals surface area contributed by atoms with Crippen LogP contribution in [-0.2, 0) is 16.9 Å². The number of carbonyl (C=O) groups is 1.